The molecule has 0 spiro atoms. The van der Waals surface area contributed by atoms with E-state index in [4.69, 9.17) is 5.73 Å². The van der Waals surface area contributed by atoms with Crippen LogP contribution in [0.4, 0.5) is 0 Å². The molecule has 0 aromatic rings. The molecule has 0 aromatic heterocycles. The standard InChI is InChI=1S/C23H45N3/c1-2-3-4-5-6-7-8-9-10-11-12-13-14-15-16-17-18-23-25-20-22-26(23)21-19-24/h2H,1,3-22,24H2. The Morgan fingerprint density at radius 1 is 0.808 bits per heavy atom. The average molecular weight is 364 g/mol. The molecular weight excluding hydrogens is 318 g/mol. The molecule has 26 heavy (non-hydrogen) atoms. The number of amidine groups is 1. The summed E-state index contributed by atoms with van der Waals surface area (Å²) in [6.07, 6.45) is 24.1. The maximum absolute atomic E-state index is 5.66. The van der Waals surface area contributed by atoms with Crippen LogP contribution in [0, 0.1) is 0 Å². The third kappa shape index (κ3) is 12.5. The van der Waals surface area contributed by atoms with Crippen LogP contribution in [-0.4, -0.2) is 36.9 Å². The first kappa shape index (κ1) is 23.2. The molecule has 3 nitrogen and oxygen atoms in total. The fourth-order valence-electron chi connectivity index (χ4n) is 3.86. The van der Waals surface area contributed by atoms with Crippen LogP contribution in [0.15, 0.2) is 17.6 Å². The van der Waals surface area contributed by atoms with Gasteiger partial charge in [0.05, 0.1) is 12.4 Å². The fraction of sp³-hybridized carbons (Fsp3) is 0.870. The van der Waals surface area contributed by atoms with Gasteiger partial charge < -0.3 is 10.6 Å². The van der Waals surface area contributed by atoms with Gasteiger partial charge in [0.15, 0.2) is 0 Å². The second-order valence-electron chi connectivity index (χ2n) is 7.85. The zero-order valence-electron chi connectivity index (χ0n) is 17.4. The maximum atomic E-state index is 5.66. The Hall–Kier alpha value is -0.830. The molecule has 2 N–H and O–H groups in total. The van der Waals surface area contributed by atoms with Gasteiger partial charge in [-0.05, 0) is 19.3 Å². The van der Waals surface area contributed by atoms with E-state index in [0.29, 0.717) is 0 Å². The Labute approximate surface area is 163 Å². The van der Waals surface area contributed by atoms with Crippen molar-refractivity contribution in [3.63, 3.8) is 0 Å². The van der Waals surface area contributed by atoms with Gasteiger partial charge in [-0.1, -0.05) is 83.1 Å². The summed E-state index contributed by atoms with van der Waals surface area (Å²) in [6.45, 7) is 7.57. The molecule has 1 aliphatic rings. The van der Waals surface area contributed by atoms with Crippen LogP contribution in [-0.2, 0) is 0 Å². The lowest BCUT2D eigenvalue weighted by Gasteiger charge is -2.19. The summed E-state index contributed by atoms with van der Waals surface area (Å²) in [6, 6.07) is 0. The van der Waals surface area contributed by atoms with Crippen LogP contribution < -0.4 is 5.73 Å². The van der Waals surface area contributed by atoms with Crippen LogP contribution in [0.3, 0.4) is 0 Å². The molecule has 0 unspecified atom stereocenters. The van der Waals surface area contributed by atoms with Gasteiger partial charge in [0.1, 0.15) is 0 Å². The number of nitrogens with two attached hydrogens (primary N) is 1. The molecule has 0 aliphatic carbocycles. The van der Waals surface area contributed by atoms with E-state index in [2.05, 4.69) is 16.5 Å². The van der Waals surface area contributed by atoms with Crippen LogP contribution in [0.2, 0.25) is 0 Å². The molecule has 0 radical (unpaired) electrons. The Morgan fingerprint density at radius 3 is 1.81 bits per heavy atom. The third-order valence-corrected chi connectivity index (χ3v) is 5.49. The zero-order valence-corrected chi connectivity index (χ0v) is 17.4. The van der Waals surface area contributed by atoms with E-state index in [-0.39, 0.29) is 0 Å². The van der Waals surface area contributed by atoms with Crippen molar-refractivity contribution in [3.05, 3.63) is 12.7 Å². The van der Waals surface area contributed by atoms with Crippen LogP contribution in [0.5, 0.6) is 0 Å². The first-order valence-electron chi connectivity index (χ1n) is 11.5. The van der Waals surface area contributed by atoms with Gasteiger partial charge >= 0.3 is 0 Å². The molecule has 1 rings (SSSR count). The van der Waals surface area contributed by atoms with E-state index < -0.39 is 0 Å². The van der Waals surface area contributed by atoms with E-state index >= 15 is 0 Å². The van der Waals surface area contributed by atoms with E-state index in [1.807, 2.05) is 6.08 Å². The van der Waals surface area contributed by atoms with Gasteiger partial charge in [-0.15, -0.1) is 6.58 Å². The summed E-state index contributed by atoms with van der Waals surface area (Å²) in [4.78, 5) is 7.00. The van der Waals surface area contributed by atoms with Gasteiger partial charge in [-0.2, -0.15) is 0 Å². The third-order valence-electron chi connectivity index (χ3n) is 5.49. The van der Waals surface area contributed by atoms with Gasteiger partial charge in [0, 0.05) is 26.1 Å². The number of nitrogens with zero attached hydrogens (tertiary/aromatic N) is 2. The molecule has 0 saturated heterocycles. The van der Waals surface area contributed by atoms with E-state index in [1.54, 1.807) is 0 Å². The number of allylic oxidation sites excluding steroid dienone is 1. The molecule has 152 valence electrons. The number of aliphatic imine (C=N–C) groups is 1. The second kappa shape index (κ2) is 17.6. The van der Waals surface area contributed by atoms with Crippen LogP contribution in [0.1, 0.15) is 103 Å². The second-order valence-corrected chi connectivity index (χ2v) is 7.85. The van der Waals surface area contributed by atoms with Gasteiger partial charge in [0.2, 0.25) is 0 Å². The molecule has 0 aromatic carbocycles. The highest BCUT2D eigenvalue weighted by atomic mass is 15.2. The number of unbranched alkanes of at least 4 members (excludes halogenated alkanes) is 14. The molecular formula is C23H45N3. The topological polar surface area (TPSA) is 41.6 Å². The van der Waals surface area contributed by atoms with Crippen LogP contribution >= 0.6 is 0 Å². The SMILES string of the molecule is C=CCCCCCCCCCCCCCCCCC1=NCCN1CCN. The molecule has 1 heterocycles. The summed E-state index contributed by atoms with van der Waals surface area (Å²) in [7, 11) is 0. The highest BCUT2D eigenvalue weighted by molar-refractivity contribution is 5.83. The Balaban J connectivity index is 1.75. The largest absolute Gasteiger partial charge is 0.357 e. The fourth-order valence-corrected chi connectivity index (χ4v) is 3.86. The summed E-state index contributed by atoms with van der Waals surface area (Å²) in [5, 5.41) is 0. The van der Waals surface area contributed by atoms with E-state index in [9.17, 15) is 0 Å². The molecule has 0 fully saturated rings. The van der Waals surface area contributed by atoms with Crippen LogP contribution in [0.25, 0.3) is 0 Å². The first-order valence-corrected chi connectivity index (χ1v) is 11.5. The minimum absolute atomic E-state index is 0.745. The predicted molar refractivity (Wildman–Crippen MR) is 117 cm³/mol. The Bertz CT molecular complexity index is 351. The highest BCUT2D eigenvalue weighted by Gasteiger charge is 2.14. The normalized spacial score (nSPS) is 14.0. The summed E-state index contributed by atoms with van der Waals surface area (Å²) < 4.78 is 0. The summed E-state index contributed by atoms with van der Waals surface area (Å²) >= 11 is 0. The molecule has 1 aliphatic heterocycles. The smallest absolute Gasteiger partial charge is 0.0990 e. The van der Waals surface area contributed by atoms with Crippen molar-refractivity contribution in [3.8, 4) is 0 Å². The Kier molecular flexibility index (Phi) is 15.7. The van der Waals surface area contributed by atoms with Crippen molar-refractivity contribution in [2.45, 2.75) is 103 Å². The molecule has 0 amide bonds. The number of rotatable bonds is 19. The van der Waals surface area contributed by atoms with Crippen molar-refractivity contribution >= 4 is 5.84 Å². The lowest BCUT2D eigenvalue weighted by Crippen LogP contribution is -2.32. The zero-order chi connectivity index (χ0) is 18.7. The van der Waals surface area contributed by atoms with Crippen molar-refractivity contribution in [1.82, 2.24) is 4.90 Å². The first-order chi connectivity index (χ1) is 12.9. The number of hydrogen-bond donors (Lipinski definition) is 1. The molecule has 0 bridgehead atoms. The minimum atomic E-state index is 0.745. The molecule has 0 saturated carbocycles. The van der Waals surface area contributed by atoms with Crippen molar-refractivity contribution in [1.29, 1.82) is 0 Å². The summed E-state index contributed by atoms with van der Waals surface area (Å²) in [5.41, 5.74) is 5.66. The Morgan fingerprint density at radius 2 is 1.31 bits per heavy atom. The summed E-state index contributed by atoms with van der Waals surface area (Å²) in [5.74, 6) is 1.32. The van der Waals surface area contributed by atoms with Crippen molar-refractivity contribution in [2.24, 2.45) is 10.7 Å². The average Bonchev–Trinajstić information content (AvgIpc) is 3.09. The van der Waals surface area contributed by atoms with Gasteiger partial charge in [-0.25, -0.2) is 0 Å². The van der Waals surface area contributed by atoms with Crippen molar-refractivity contribution in [2.75, 3.05) is 26.2 Å². The lowest BCUT2D eigenvalue weighted by molar-refractivity contribution is 0.455. The van der Waals surface area contributed by atoms with Gasteiger partial charge in [-0.3, -0.25) is 4.99 Å². The van der Waals surface area contributed by atoms with E-state index in [0.717, 1.165) is 32.6 Å². The predicted octanol–water partition coefficient (Wildman–Crippen LogP) is 6.09. The maximum Gasteiger partial charge on any atom is 0.0990 e. The highest BCUT2D eigenvalue weighted by Crippen LogP contribution is 2.15. The van der Waals surface area contributed by atoms with Gasteiger partial charge in [0.25, 0.3) is 0 Å². The molecule has 0 atom stereocenters. The van der Waals surface area contributed by atoms with E-state index in [1.165, 1.54) is 102 Å². The quantitative estimate of drug-likeness (QED) is 0.223. The van der Waals surface area contributed by atoms with Crippen molar-refractivity contribution < 1.29 is 0 Å². The number of hydrogen-bond acceptors (Lipinski definition) is 3. The minimum Gasteiger partial charge on any atom is -0.357 e. The lowest BCUT2D eigenvalue weighted by atomic mass is 10.0. The molecule has 3 heteroatoms. The monoisotopic (exact) mass is 363 g/mol.